The standard InChI is InChI=1S/C13H20N2O4S2/c1-13(6-3-7-13)9-15-21(18,19)12-8-10(20(2,16)17)4-5-11(12)14/h4-5,8,15H,3,6-7,9,14H2,1-2H3. The predicted octanol–water partition coefficient (Wildman–Crippen LogP) is 1.14. The number of nitrogen functional groups attached to an aromatic ring is 1. The van der Waals surface area contributed by atoms with Gasteiger partial charge in [-0.2, -0.15) is 0 Å². The van der Waals surface area contributed by atoms with E-state index in [2.05, 4.69) is 4.72 Å². The van der Waals surface area contributed by atoms with Crippen LogP contribution in [0.4, 0.5) is 5.69 Å². The molecule has 0 unspecified atom stereocenters. The van der Waals surface area contributed by atoms with Gasteiger partial charge in [-0.05, 0) is 36.5 Å². The van der Waals surface area contributed by atoms with Crippen molar-refractivity contribution in [1.82, 2.24) is 4.72 Å². The molecule has 1 fully saturated rings. The minimum Gasteiger partial charge on any atom is -0.398 e. The Hall–Kier alpha value is -1.12. The molecule has 1 aliphatic carbocycles. The zero-order valence-electron chi connectivity index (χ0n) is 12.1. The first-order valence-electron chi connectivity index (χ1n) is 6.63. The molecule has 0 heterocycles. The highest BCUT2D eigenvalue weighted by molar-refractivity contribution is 7.91. The third-order valence-corrected chi connectivity index (χ3v) is 6.52. The number of hydrogen-bond acceptors (Lipinski definition) is 5. The Labute approximate surface area is 125 Å². The van der Waals surface area contributed by atoms with E-state index in [-0.39, 0.29) is 20.9 Å². The molecule has 0 amide bonds. The number of hydrogen-bond donors (Lipinski definition) is 2. The summed E-state index contributed by atoms with van der Waals surface area (Å²) < 4.78 is 50.3. The molecular weight excluding hydrogens is 312 g/mol. The maximum absolute atomic E-state index is 12.3. The van der Waals surface area contributed by atoms with Gasteiger partial charge in [0.15, 0.2) is 9.84 Å². The first kappa shape index (κ1) is 16.3. The van der Waals surface area contributed by atoms with E-state index in [4.69, 9.17) is 5.73 Å². The summed E-state index contributed by atoms with van der Waals surface area (Å²) in [5.74, 6) is 0. The fourth-order valence-corrected chi connectivity index (χ4v) is 4.36. The molecule has 21 heavy (non-hydrogen) atoms. The highest BCUT2D eigenvalue weighted by Gasteiger charge is 2.33. The molecule has 118 valence electrons. The lowest BCUT2D eigenvalue weighted by Crippen LogP contribution is -2.40. The Morgan fingerprint density at radius 1 is 1.24 bits per heavy atom. The minimum absolute atomic E-state index is 0.0176. The van der Waals surface area contributed by atoms with E-state index in [1.54, 1.807) is 0 Å². The van der Waals surface area contributed by atoms with Crippen LogP contribution in [0, 0.1) is 5.41 Å². The highest BCUT2D eigenvalue weighted by atomic mass is 32.2. The van der Waals surface area contributed by atoms with Gasteiger partial charge >= 0.3 is 0 Å². The quantitative estimate of drug-likeness (QED) is 0.786. The van der Waals surface area contributed by atoms with Crippen LogP contribution in [0.5, 0.6) is 0 Å². The molecule has 0 aromatic heterocycles. The molecule has 1 aliphatic rings. The molecule has 1 aromatic rings. The first-order valence-corrected chi connectivity index (χ1v) is 10.0. The highest BCUT2D eigenvalue weighted by Crippen LogP contribution is 2.39. The molecule has 0 atom stereocenters. The lowest BCUT2D eigenvalue weighted by molar-refractivity contribution is 0.166. The smallest absolute Gasteiger partial charge is 0.242 e. The average molecular weight is 332 g/mol. The van der Waals surface area contributed by atoms with Crippen molar-refractivity contribution in [2.24, 2.45) is 5.41 Å². The van der Waals surface area contributed by atoms with Crippen molar-refractivity contribution in [3.05, 3.63) is 18.2 Å². The van der Waals surface area contributed by atoms with Crippen LogP contribution >= 0.6 is 0 Å². The normalized spacial score (nSPS) is 18.2. The van der Waals surface area contributed by atoms with Crippen molar-refractivity contribution in [3.63, 3.8) is 0 Å². The fraction of sp³-hybridized carbons (Fsp3) is 0.538. The number of benzene rings is 1. The molecular formula is C13H20N2O4S2. The lowest BCUT2D eigenvalue weighted by atomic mass is 9.71. The summed E-state index contributed by atoms with van der Waals surface area (Å²) in [6.45, 7) is 2.35. The summed E-state index contributed by atoms with van der Waals surface area (Å²) in [7, 11) is -7.31. The van der Waals surface area contributed by atoms with Crippen molar-refractivity contribution in [3.8, 4) is 0 Å². The molecule has 2 rings (SSSR count). The number of sulfone groups is 1. The second kappa shape index (κ2) is 5.26. The van der Waals surface area contributed by atoms with Crippen molar-refractivity contribution in [1.29, 1.82) is 0 Å². The van der Waals surface area contributed by atoms with Gasteiger partial charge in [0.25, 0.3) is 0 Å². The average Bonchev–Trinajstić information content (AvgIpc) is 2.33. The Morgan fingerprint density at radius 2 is 1.86 bits per heavy atom. The molecule has 8 heteroatoms. The van der Waals surface area contributed by atoms with Crippen LogP contribution in [0.1, 0.15) is 26.2 Å². The van der Waals surface area contributed by atoms with Gasteiger partial charge in [0, 0.05) is 12.8 Å². The molecule has 0 saturated heterocycles. The first-order chi connectivity index (χ1) is 9.54. The van der Waals surface area contributed by atoms with Gasteiger partial charge in [0.2, 0.25) is 10.0 Å². The SMILES string of the molecule is CC1(CNS(=O)(=O)c2cc(S(C)(=O)=O)ccc2N)CCC1. The van der Waals surface area contributed by atoms with Crippen LogP contribution in [-0.4, -0.2) is 29.6 Å². The summed E-state index contributed by atoms with van der Waals surface area (Å²) in [6, 6.07) is 3.71. The van der Waals surface area contributed by atoms with E-state index in [0.29, 0.717) is 6.54 Å². The van der Waals surface area contributed by atoms with Gasteiger partial charge < -0.3 is 5.73 Å². The summed E-state index contributed by atoms with van der Waals surface area (Å²) >= 11 is 0. The third kappa shape index (κ3) is 3.56. The largest absolute Gasteiger partial charge is 0.398 e. The molecule has 0 aliphatic heterocycles. The van der Waals surface area contributed by atoms with E-state index >= 15 is 0 Å². The maximum Gasteiger partial charge on any atom is 0.242 e. The van der Waals surface area contributed by atoms with E-state index in [1.165, 1.54) is 12.1 Å². The topological polar surface area (TPSA) is 106 Å². The molecule has 0 bridgehead atoms. The van der Waals surface area contributed by atoms with E-state index in [9.17, 15) is 16.8 Å². The Bertz CT molecular complexity index is 750. The molecule has 0 spiro atoms. The van der Waals surface area contributed by atoms with E-state index in [1.807, 2.05) is 6.92 Å². The van der Waals surface area contributed by atoms with Gasteiger partial charge in [-0.15, -0.1) is 0 Å². The van der Waals surface area contributed by atoms with E-state index < -0.39 is 19.9 Å². The molecule has 0 radical (unpaired) electrons. The monoisotopic (exact) mass is 332 g/mol. The number of anilines is 1. The molecule has 3 N–H and O–H groups in total. The molecule has 6 nitrogen and oxygen atoms in total. The van der Waals surface area contributed by atoms with Crippen molar-refractivity contribution < 1.29 is 16.8 Å². The molecule has 1 aromatic carbocycles. The Kier molecular flexibility index (Phi) is 4.07. The van der Waals surface area contributed by atoms with Crippen molar-refractivity contribution in [2.75, 3.05) is 18.5 Å². The van der Waals surface area contributed by atoms with Gasteiger partial charge in [-0.25, -0.2) is 21.6 Å². The number of sulfonamides is 1. The van der Waals surface area contributed by atoms with Crippen LogP contribution in [0.3, 0.4) is 0 Å². The van der Waals surface area contributed by atoms with Gasteiger partial charge in [0.05, 0.1) is 10.6 Å². The summed E-state index contributed by atoms with van der Waals surface area (Å²) in [5.41, 5.74) is 5.71. The minimum atomic E-state index is -3.82. The summed E-state index contributed by atoms with van der Waals surface area (Å²) in [4.78, 5) is -0.250. The van der Waals surface area contributed by atoms with Crippen LogP contribution < -0.4 is 10.5 Å². The number of nitrogens with one attached hydrogen (secondary N) is 1. The Morgan fingerprint density at radius 3 is 2.33 bits per heavy atom. The van der Waals surface area contributed by atoms with E-state index in [0.717, 1.165) is 31.6 Å². The Balaban J connectivity index is 2.31. The maximum atomic E-state index is 12.3. The van der Waals surface area contributed by atoms with Gasteiger partial charge in [-0.1, -0.05) is 13.3 Å². The van der Waals surface area contributed by atoms with Crippen LogP contribution in [0.15, 0.2) is 28.0 Å². The summed E-state index contributed by atoms with van der Waals surface area (Å²) in [6.07, 6.45) is 4.09. The van der Waals surface area contributed by atoms with Crippen LogP contribution in [-0.2, 0) is 19.9 Å². The number of nitrogens with two attached hydrogens (primary N) is 1. The van der Waals surface area contributed by atoms with Crippen LogP contribution in [0.2, 0.25) is 0 Å². The zero-order valence-corrected chi connectivity index (χ0v) is 13.7. The lowest BCUT2D eigenvalue weighted by Gasteiger charge is -2.38. The van der Waals surface area contributed by atoms with Gasteiger partial charge in [0.1, 0.15) is 4.90 Å². The summed E-state index contributed by atoms with van der Waals surface area (Å²) in [5, 5.41) is 0. The second-order valence-corrected chi connectivity index (χ2v) is 9.71. The second-order valence-electron chi connectivity index (χ2n) is 5.96. The molecule has 1 saturated carbocycles. The van der Waals surface area contributed by atoms with Crippen molar-refractivity contribution in [2.45, 2.75) is 36.0 Å². The third-order valence-electron chi connectivity index (χ3n) is 3.95. The predicted molar refractivity (Wildman–Crippen MR) is 81.1 cm³/mol. The fourth-order valence-electron chi connectivity index (χ4n) is 2.28. The van der Waals surface area contributed by atoms with Crippen molar-refractivity contribution >= 4 is 25.5 Å². The zero-order chi connectivity index (χ0) is 15.9. The van der Waals surface area contributed by atoms with Crippen LogP contribution in [0.25, 0.3) is 0 Å². The van der Waals surface area contributed by atoms with Gasteiger partial charge in [-0.3, -0.25) is 0 Å². The number of rotatable bonds is 5.